The third kappa shape index (κ3) is 6.77. The zero-order valence-corrected chi connectivity index (χ0v) is 19.1. The van der Waals surface area contributed by atoms with Crippen molar-refractivity contribution in [2.24, 2.45) is 0 Å². The lowest BCUT2D eigenvalue weighted by Gasteiger charge is -2.31. The molecule has 0 aliphatic rings. The zero-order chi connectivity index (χ0) is 22.3. The lowest BCUT2D eigenvalue weighted by molar-refractivity contribution is -0.143. The van der Waals surface area contributed by atoms with Crippen LogP contribution in [0.2, 0.25) is 5.02 Å². The van der Waals surface area contributed by atoms with E-state index in [-0.39, 0.29) is 24.5 Å². The number of aryl methyl sites for hydroxylation is 2. The van der Waals surface area contributed by atoms with Crippen molar-refractivity contribution in [1.82, 2.24) is 10.2 Å². The smallest absolute Gasteiger partial charge is 0.261 e. The van der Waals surface area contributed by atoms with Crippen molar-refractivity contribution >= 4 is 23.4 Å². The Morgan fingerprint density at radius 2 is 1.77 bits per heavy atom. The van der Waals surface area contributed by atoms with E-state index in [2.05, 4.69) is 5.32 Å². The van der Waals surface area contributed by atoms with Crippen LogP contribution < -0.4 is 10.1 Å². The summed E-state index contributed by atoms with van der Waals surface area (Å²) in [6, 6.07) is 12.6. The van der Waals surface area contributed by atoms with Crippen LogP contribution in [0.1, 0.15) is 43.9 Å². The average Bonchev–Trinajstić information content (AvgIpc) is 2.69. The van der Waals surface area contributed by atoms with Gasteiger partial charge in [0.1, 0.15) is 11.8 Å². The molecule has 2 rings (SSSR count). The van der Waals surface area contributed by atoms with Crippen LogP contribution in [-0.2, 0) is 16.1 Å². The largest absolute Gasteiger partial charge is 0.483 e. The maximum atomic E-state index is 13.2. The molecular weight excluding hydrogens is 400 g/mol. The number of ether oxygens (including phenoxy) is 1. The number of nitrogens with one attached hydrogen (secondary N) is 1. The van der Waals surface area contributed by atoms with Crippen LogP contribution in [0, 0.1) is 13.8 Å². The number of benzene rings is 2. The minimum absolute atomic E-state index is 0.00905. The zero-order valence-electron chi connectivity index (χ0n) is 18.4. The fourth-order valence-electron chi connectivity index (χ4n) is 3.17. The summed E-state index contributed by atoms with van der Waals surface area (Å²) in [6.45, 7) is 9.79. The molecule has 0 aliphatic carbocycles. The molecule has 0 saturated heterocycles. The number of carbonyl (C=O) groups is 2. The number of amides is 2. The molecule has 6 heteroatoms. The highest BCUT2D eigenvalue weighted by Gasteiger charge is 2.29. The Morgan fingerprint density at radius 3 is 2.37 bits per heavy atom. The van der Waals surface area contributed by atoms with Crippen molar-refractivity contribution in [3.05, 3.63) is 64.2 Å². The second-order valence-electron chi connectivity index (χ2n) is 7.79. The van der Waals surface area contributed by atoms with Crippen LogP contribution in [0.3, 0.4) is 0 Å². The second-order valence-corrected chi connectivity index (χ2v) is 8.23. The summed E-state index contributed by atoms with van der Waals surface area (Å²) < 4.78 is 5.83. The van der Waals surface area contributed by atoms with Gasteiger partial charge in [-0.15, -0.1) is 0 Å². The van der Waals surface area contributed by atoms with Gasteiger partial charge in [-0.25, -0.2) is 0 Å². The lowest BCUT2D eigenvalue weighted by Crippen LogP contribution is -2.51. The predicted octanol–water partition coefficient (Wildman–Crippen LogP) is 4.67. The number of rotatable bonds is 9. The molecule has 30 heavy (non-hydrogen) atoms. The van der Waals surface area contributed by atoms with E-state index in [4.69, 9.17) is 16.3 Å². The Morgan fingerprint density at radius 1 is 1.10 bits per heavy atom. The van der Waals surface area contributed by atoms with Gasteiger partial charge in [-0.3, -0.25) is 9.59 Å². The number of carbonyl (C=O) groups excluding carboxylic acids is 2. The number of nitrogens with zero attached hydrogens (tertiary/aromatic N) is 1. The molecule has 0 aromatic heterocycles. The SMILES string of the molecule is CC[C@H](C(=O)NC(C)C)N(Cc1ccc(Cl)cc1)C(=O)COc1cc(C)ccc1C. The highest BCUT2D eigenvalue weighted by Crippen LogP contribution is 2.20. The van der Waals surface area contributed by atoms with E-state index < -0.39 is 6.04 Å². The molecular formula is C24H31ClN2O3. The van der Waals surface area contributed by atoms with E-state index in [0.29, 0.717) is 23.7 Å². The normalized spacial score (nSPS) is 11.8. The van der Waals surface area contributed by atoms with Gasteiger partial charge in [0.15, 0.2) is 6.61 Å². The molecule has 0 spiro atoms. The molecule has 1 N–H and O–H groups in total. The van der Waals surface area contributed by atoms with E-state index in [1.807, 2.05) is 65.0 Å². The molecule has 5 nitrogen and oxygen atoms in total. The Balaban J connectivity index is 2.23. The van der Waals surface area contributed by atoms with Gasteiger partial charge in [0.2, 0.25) is 5.91 Å². The Hall–Kier alpha value is -2.53. The molecule has 0 radical (unpaired) electrons. The van der Waals surface area contributed by atoms with Gasteiger partial charge in [-0.2, -0.15) is 0 Å². The summed E-state index contributed by atoms with van der Waals surface area (Å²) in [7, 11) is 0. The summed E-state index contributed by atoms with van der Waals surface area (Å²) in [5, 5.41) is 3.54. The van der Waals surface area contributed by atoms with Crippen molar-refractivity contribution in [2.45, 2.75) is 59.7 Å². The Bertz CT molecular complexity index is 865. The highest BCUT2D eigenvalue weighted by atomic mass is 35.5. The highest BCUT2D eigenvalue weighted by molar-refractivity contribution is 6.30. The molecule has 0 saturated carbocycles. The second kappa shape index (κ2) is 11.0. The molecule has 2 amide bonds. The Kier molecular flexibility index (Phi) is 8.72. The van der Waals surface area contributed by atoms with Gasteiger partial charge < -0.3 is 15.0 Å². The van der Waals surface area contributed by atoms with Gasteiger partial charge >= 0.3 is 0 Å². The van der Waals surface area contributed by atoms with Crippen LogP contribution in [0.15, 0.2) is 42.5 Å². The number of hydrogen-bond acceptors (Lipinski definition) is 3. The first-order valence-corrected chi connectivity index (χ1v) is 10.6. The molecule has 0 bridgehead atoms. The fourth-order valence-corrected chi connectivity index (χ4v) is 3.30. The van der Waals surface area contributed by atoms with E-state index in [1.54, 1.807) is 17.0 Å². The predicted molar refractivity (Wildman–Crippen MR) is 121 cm³/mol. The van der Waals surface area contributed by atoms with Crippen molar-refractivity contribution in [2.75, 3.05) is 6.61 Å². The van der Waals surface area contributed by atoms with Crippen molar-refractivity contribution in [3.63, 3.8) is 0 Å². The number of halogens is 1. The van der Waals surface area contributed by atoms with Crippen LogP contribution in [0.25, 0.3) is 0 Å². The maximum absolute atomic E-state index is 13.2. The summed E-state index contributed by atoms with van der Waals surface area (Å²) in [5.41, 5.74) is 2.92. The molecule has 0 fully saturated rings. The monoisotopic (exact) mass is 430 g/mol. The molecule has 162 valence electrons. The molecule has 0 aliphatic heterocycles. The minimum Gasteiger partial charge on any atom is -0.483 e. The van der Waals surface area contributed by atoms with Crippen LogP contribution >= 0.6 is 11.6 Å². The maximum Gasteiger partial charge on any atom is 0.261 e. The first-order valence-electron chi connectivity index (χ1n) is 10.3. The van der Waals surface area contributed by atoms with E-state index in [0.717, 1.165) is 16.7 Å². The van der Waals surface area contributed by atoms with Crippen molar-refractivity contribution in [1.29, 1.82) is 0 Å². The van der Waals surface area contributed by atoms with Crippen LogP contribution in [0.5, 0.6) is 5.75 Å². The van der Waals surface area contributed by atoms with Gasteiger partial charge in [-0.05, 0) is 69.0 Å². The first kappa shape index (κ1) is 23.7. The third-order valence-corrected chi connectivity index (χ3v) is 5.03. The number of hydrogen-bond donors (Lipinski definition) is 1. The van der Waals surface area contributed by atoms with E-state index in [9.17, 15) is 9.59 Å². The lowest BCUT2D eigenvalue weighted by atomic mass is 10.1. The van der Waals surface area contributed by atoms with E-state index in [1.165, 1.54) is 0 Å². The van der Waals surface area contributed by atoms with Crippen LogP contribution in [0.4, 0.5) is 0 Å². The summed E-state index contributed by atoms with van der Waals surface area (Å²) in [5.74, 6) is 0.271. The van der Waals surface area contributed by atoms with Gasteiger partial charge in [0.05, 0.1) is 0 Å². The molecule has 1 atom stereocenters. The Labute approximate surface area is 184 Å². The summed E-state index contributed by atoms with van der Waals surface area (Å²) >= 11 is 5.99. The standard InChI is InChI=1S/C24H31ClN2O3/c1-6-21(24(29)26-16(2)3)27(14-19-9-11-20(25)12-10-19)23(28)15-30-22-13-17(4)7-8-18(22)5/h7-13,16,21H,6,14-15H2,1-5H3,(H,26,29)/t21-/m1/s1. The van der Waals surface area contributed by atoms with Crippen LogP contribution in [-0.4, -0.2) is 35.4 Å². The topological polar surface area (TPSA) is 58.6 Å². The van der Waals surface area contributed by atoms with Gasteiger partial charge in [-0.1, -0.05) is 42.8 Å². The van der Waals surface area contributed by atoms with Gasteiger partial charge in [0.25, 0.3) is 5.91 Å². The quantitative estimate of drug-likeness (QED) is 0.629. The van der Waals surface area contributed by atoms with Crippen molar-refractivity contribution in [3.8, 4) is 5.75 Å². The summed E-state index contributed by atoms with van der Waals surface area (Å²) in [4.78, 5) is 27.5. The molecule has 0 heterocycles. The molecule has 0 unspecified atom stereocenters. The average molecular weight is 431 g/mol. The molecule has 2 aromatic carbocycles. The summed E-state index contributed by atoms with van der Waals surface area (Å²) in [6.07, 6.45) is 0.501. The minimum atomic E-state index is -0.585. The third-order valence-electron chi connectivity index (χ3n) is 4.78. The molecule has 2 aromatic rings. The fraction of sp³-hybridized carbons (Fsp3) is 0.417. The van der Waals surface area contributed by atoms with Crippen molar-refractivity contribution < 1.29 is 14.3 Å². The first-order chi connectivity index (χ1) is 14.2. The van der Waals surface area contributed by atoms with E-state index >= 15 is 0 Å². The van der Waals surface area contributed by atoms with Gasteiger partial charge in [0, 0.05) is 17.6 Å².